The summed E-state index contributed by atoms with van der Waals surface area (Å²) < 4.78 is 0. The molecule has 27 heavy (non-hydrogen) atoms. The lowest BCUT2D eigenvalue weighted by Gasteiger charge is -2.33. The number of hydrogen-bond donors (Lipinski definition) is 2. The molecule has 2 N–H and O–H groups in total. The number of amides is 1. The van der Waals surface area contributed by atoms with E-state index in [4.69, 9.17) is 0 Å². The largest absolute Gasteiger partial charge is 0.381 e. The molecule has 2 aromatic rings. The number of anilines is 1. The molecule has 1 aliphatic heterocycles. The smallest absolute Gasteiger partial charge is 0.261 e. The van der Waals surface area contributed by atoms with Gasteiger partial charge in [0, 0.05) is 30.5 Å². The fraction of sp³-hybridized carbons (Fsp3) is 0.455. The minimum absolute atomic E-state index is 0.180. The van der Waals surface area contributed by atoms with Crippen molar-refractivity contribution in [1.82, 2.24) is 9.88 Å². The van der Waals surface area contributed by atoms with E-state index in [2.05, 4.69) is 48.4 Å². The summed E-state index contributed by atoms with van der Waals surface area (Å²) in [6, 6.07) is 10.4. The molecule has 0 spiro atoms. The molecule has 3 rings (SSSR count). The number of likely N-dealkylation sites (tertiary alicyclic amines) is 1. The van der Waals surface area contributed by atoms with Gasteiger partial charge < -0.3 is 15.2 Å². The van der Waals surface area contributed by atoms with E-state index in [1.807, 2.05) is 13.8 Å². The van der Waals surface area contributed by atoms with Gasteiger partial charge in [0.2, 0.25) is 0 Å². The fourth-order valence-electron chi connectivity index (χ4n) is 3.54. The van der Waals surface area contributed by atoms with Crippen LogP contribution in [0.3, 0.4) is 0 Å². The Bertz CT molecular complexity index is 868. The van der Waals surface area contributed by atoms with Gasteiger partial charge in [-0.15, -0.1) is 0 Å². The summed E-state index contributed by atoms with van der Waals surface area (Å²) in [4.78, 5) is 29.7. The molecule has 2 heterocycles. The van der Waals surface area contributed by atoms with Crippen molar-refractivity contribution >= 4 is 11.6 Å². The second-order valence-electron chi connectivity index (χ2n) is 7.83. The van der Waals surface area contributed by atoms with Crippen molar-refractivity contribution in [2.24, 2.45) is 0 Å². The summed E-state index contributed by atoms with van der Waals surface area (Å²) in [6.07, 6.45) is 1.94. The second-order valence-corrected chi connectivity index (χ2v) is 7.83. The predicted octanol–water partition coefficient (Wildman–Crippen LogP) is 3.83. The minimum Gasteiger partial charge on any atom is -0.381 e. The van der Waals surface area contributed by atoms with Crippen LogP contribution in [0.4, 0.5) is 5.69 Å². The van der Waals surface area contributed by atoms with Crippen LogP contribution in [0.15, 0.2) is 35.1 Å². The lowest BCUT2D eigenvalue weighted by molar-refractivity contribution is 0.0713. The predicted molar refractivity (Wildman–Crippen MR) is 110 cm³/mol. The molecule has 1 aromatic heterocycles. The lowest BCUT2D eigenvalue weighted by atomic mass is 10.0. The molecule has 1 saturated heterocycles. The van der Waals surface area contributed by atoms with Crippen molar-refractivity contribution in [3.63, 3.8) is 0 Å². The maximum atomic E-state index is 12.9. The highest BCUT2D eigenvalue weighted by Gasteiger charge is 2.26. The zero-order valence-corrected chi connectivity index (χ0v) is 16.6. The highest BCUT2D eigenvalue weighted by Crippen LogP contribution is 2.21. The van der Waals surface area contributed by atoms with Crippen LogP contribution in [-0.2, 0) is 0 Å². The Morgan fingerprint density at radius 2 is 1.93 bits per heavy atom. The number of nitrogens with one attached hydrogen (secondary N) is 2. The Morgan fingerprint density at radius 1 is 1.22 bits per heavy atom. The Morgan fingerprint density at radius 3 is 2.59 bits per heavy atom. The third-order valence-electron chi connectivity index (χ3n) is 5.39. The van der Waals surface area contributed by atoms with E-state index >= 15 is 0 Å². The average molecular weight is 367 g/mol. The molecule has 1 unspecified atom stereocenters. The average Bonchev–Trinajstić information content (AvgIpc) is 2.65. The maximum absolute atomic E-state index is 12.9. The molecule has 0 bridgehead atoms. The third kappa shape index (κ3) is 4.41. The highest BCUT2D eigenvalue weighted by atomic mass is 16.2. The Balaban J connectivity index is 1.69. The molecule has 1 aromatic carbocycles. The number of aromatic nitrogens is 1. The van der Waals surface area contributed by atoms with Crippen molar-refractivity contribution < 1.29 is 4.79 Å². The summed E-state index contributed by atoms with van der Waals surface area (Å²) in [5.41, 5.74) is 4.05. The number of aryl methyl sites for hydroxylation is 2. The second kappa shape index (κ2) is 7.99. The number of aromatic amines is 1. The van der Waals surface area contributed by atoms with E-state index in [1.165, 1.54) is 5.56 Å². The first-order chi connectivity index (χ1) is 12.8. The van der Waals surface area contributed by atoms with Crippen LogP contribution in [0.5, 0.6) is 0 Å². The van der Waals surface area contributed by atoms with Crippen molar-refractivity contribution in [3.8, 4) is 0 Å². The SMILES string of the molecule is Cc1cc(C(=O)N2CCCC(Nc3ccc(C(C)C)cc3)C2)c(=O)[nH]c1C. The van der Waals surface area contributed by atoms with Gasteiger partial charge in [-0.25, -0.2) is 0 Å². The van der Waals surface area contributed by atoms with Gasteiger partial charge in [0.05, 0.1) is 0 Å². The number of piperidine rings is 1. The molecule has 1 atom stereocenters. The van der Waals surface area contributed by atoms with Crippen LogP contribution in [0.25, 0.3) is 0 Å². The summed E-state index contributed by atoms with van der Waals surface area (Å²) in [5.74, 6) is 0.332. The molecule has 0 radical (unpaired) electrons. The van der Waals surface area contributed by atoms with Crippen molar-refractivity contribution in [1.29, 1.82) is 0 Å². The maximum Gasteiger partial charge on any atom is 0.261 e. The van der Waals surface area contributed by atoms with Gasteiger partial charge in [-0.1, -0.05) is 26.0 Å². The summed E-state index contributed by atoms with van der Waals surface area (Å²) in [5, 5.41) is 3.54. The summed E-state index contributed by atoms with van der Waals surface area (Å²) in [6.45, 7) is 9.41. The van der Waals surface area contributed by atoms with Crippen molar-refractivity contribution in [3.05, 3.63) is 63.1 Å². The summed E-state index contributed by atoms with van der Waals surface area (Å²) >= 11 is 0. The molecular weight excluding hydrogens is 338 g/mol. The van der Waals surface area contributed by atoms with Gasteiger partial charge in [-0.2, -0.15) is 0 Å². The molecule has 1 aliphatic rings. The van der Waals surface area contributed by atoms with Gasteiger partial charge in [-0.3, -0.25) is 9.59 Å². The molecule has 1 fully saturated rings. The van der Waals surface area contributed by atoms with Gasteiger partial charge >= 0.3 is 0 Å². The molecular formula is C22H29N3O2. The standard InChI is InChI=1S/C22H29N3O2/c1-14(2)17-7-9-18(10-8-17)24-19-6-5-11-25(13-19)22(27)20-12-15(3)16(4)23-21(20)26/h7-10,12,14,19,24H,5-6,11,13H2,1-4H3,(H,23,26). The van der Waals surface area contributed by atoms with E-state index in [1.54, 1.807) is 11.0 Å². The quantitative estimate of drug-likeness (QED) is 0.863. The zero-order chi connectivity index (χ0) is 19.6. The Hall–Kier alpha value is -2.56. The molecule has 0 aliphatic carbocycles. The topological polar surface area (TPSA) is 65.2 Å². The van der Waals surface area contributed by atoms with Crippen LogP contribution < -0.4 is 10.9 Å². The van der Waals surface area contributed by atoms with Crippen LogP contribution in [-0.4, -0.2) is 34.9 Å². The number of rotatable bonds is 4. The molecule has 0 saturated carbocycles. The van der Waals surface area contributed by atoms with Crippen LogP contribution in [0.2, 0.25) is 0 Å². The molecule has 1 amide bonds. The van der Waals surface area contributed by atoms with Gasteiger partial charge in [-0.05, 0) is 61.9 Å². The monoisotopic (exact) mass is 367 g/mol. The Kier molecular flexibility index (Phi) is 5.68. The first-order valence-corrected chi connectivity index (χ1v) is 9.71. The number of H-pyrrole nitrogens is 1. The van der Waals surface area contributed by atoms with Crippen LogP contribution >= 0.6 is 0 Å². The normalized spacial score (nSPS) is 17.2. The van der Waals surface area contributed by atoms with Crippen LogP contribution in [0, 0.1) is 13.8 Å². The highest BCUT2D eigenvalue weighted by molar-refractivity contribution is 5.94. The number of pyridine rings is 1. The van der Waals surface area contributed by atoms with E-state index < -0.39 is 0 Å². The minimum atomic E-state index is -0.303. The number of carbonyl (C=O) groups is 1. The van der Waals surface area contributed by atoms with E-state index in [0.29, 0.717) is 19.0 Å². The lowest BCUT2D eigenvalue weighted by Crippen LogP contribution is -2.46. The van der Waals surface area contributed by atoms with Crippen molar-refractivity contribution in [2.75, 3.05) is 18.4 Å². The number of benzene rings is 1. The van der Waals surface area contributed by atoms with E-state index in [-0.39, 0.29) is 23.1 Å². The number of carbonyl (C=O) groups excluding carboxylic acids is 1. The third-order valence-corrected chi connectivity index (χ3v) is 5.39. The van der Waals surface area contributed by atoms with Gasteiger partial charge in [0.1, 0.15) is 5.56 Å². The van der Waals surface area contributed by atoms with E-state index in [9.17, 15) is 9.59 Å². The van der Waals surface area contributed by atoms with Gasteiger partial charge in [0.25, 0.3) is 11.5 Å². The number of hydrogen-bond acceptors (Lipinski definition) is 3. The zero-order valence-electron chi connectivity index (χ0n) is 16.6. The number of nitrogens with zero attached hydrogens (tertiary/aromatic N) is 1. The molecule has 5 nitrogen and oxygen atoms in total. The molecule has 5 heteroatoms. The van der Waals surface area contributed by atoms with Crippen LogP contribution in [0.1, 0.15) is 59.8 Å². The van der Waals surface area contributed by atoms with Crippen molar-refractivity contribution in [2.45, 2.75) is 52.5 Å². The Labute approximate surface area is 160 Å². The summed E-state index contributed by atoms with van der Waals surface area (Å²) in [7, 11) is 0. The first-order valence-electron chi connectivity index (χ1n) is 9.71. The fourth-order valence-corrected chi connectivity index (χ4v) is 3.54. The molecule has 144 valence electrons. The van der Waals surface area contributed by atoms with Gasteiger partial charge in [0.15, 0.2) is 0 Å². The first kappa shape index (κ1) is 19.2. The van der Waals surface area contributed by atoms with E-state index in [0.717, 1.165) is 29.8 Å².